The summed E-state index contributed by atoms with van der Waals surface area (Å²) >= 11 is 0. The maximum Gasteiger partial charge on any atom is 0.115 e. The fourth-order valence-corrected chi connectivity index (χ4v) is 3.62. The van der Waals surface area contributed by atoms with E-state index < -0.39 is 0 Å². The highest BCUT2D eigenvalue weighted by Gasteiger charge is 2.26. The van der Waals surface area contributed by atoms with E-state index in [0.29, 0.717) is 17.9 Å². The molecule has 1 fully saturated rings. The molecule has 3 rings (SSSR count). The lowest BCUT2D eigenvalue weighted by Crippen LogP contribution is -2.36. The molecule has 0 radical (unpaired) electrons. The number of hydrogen-bond donors (Lipinski definition) is 1. The number of fused-ring (bicyclic) bond motifs is 1. The largest absolute Gasteiger partial charge is 0.508 e. The molecule has 3 nitrogen and oxygen atoms in total. The number of ether oxygens (including phenoxy) is 1. The molecule has 2 unspecified atom stereocenters. The van der Waals surface area contributed by atoms with Gasteiger partial charge in [-0.2, -0.15) is 0 Å². The Kier molecular flexibility index (Phi) is 4.27. The number of aryl methyl sites for hydroxylation is 1. The zero-order chi connectivity index (χ0) is 13.9. The Morgan fingerprint density at radius 1 is 1.25 bits per heavy atom. The van der Waals surface area contributed by atoms with Crippen LogP contribution in [0.2, 0.25) is 0 Å². The second kappa shape index (κ2) is 6.15. The molecule has 110 valence electrons. The van der Waals surface area contributed by atoms with Gasteiger partial charge in [0.1, 0.15) is 5.75 Å². The van der Waals surface area contributed by atoms with E-state index in [1.165, 1.54) is 43.2 Å². The van der Waals surface area contributed by atoms with E-state index in [4.69, 9.17) is 4.74 Å². The molecule has 0 bridgehead atoms. The smallest absolute Gasteiger partial charge is 0.115 e. The van der Waals surface area contributed by atoms with Crippen LogP contribution < -0.4 is 0 Å². The fraction of sp³-hybridized carbons (Fsp3) is 0.647. The van der Waals surface area contributed by atoms with E-state index >= 15 is 0 Å². The first-order chi connectivity index (χ1) is 9.74. The first-order valence-corrected chi connectivity index (χ1v) is 7.87. The molecule has 0 saturated carbocycles. The molecule has 0 spiro atoms. The number of hydrogen-bond acceptors (Lipinski definition) is 3. The van der Waals surface area contributed by atoms with Crippen LogP contribution in [0.15, 0.2) is 18.2 Å². The zero-order valence-electron chi connectivity index (χ0n) is 12.3. The number of nitrogens with zero attached hydrogens (tertiary/aromatic N) is 1. The van der Waals surface area contributed by atoms with E-state index in [-0.39, 0.29) is 0 Å². The van der Waals surface area contributed by atoms with Crippen LogP contribution in [0.3, 0.4) is 0 Å². The van der Waals surface area contributed by atoms with Gasteiger partial charge in [0, 0.05) is 19.2 Å². The van der Waals surface area contributed by atoms with Gasteiger partial charge in [0.2, 0.25) is 0 Å². The van der Waals surface area contributed by atoms with Gasteiger partial charge in [-0.25, -0.2) is 0 Å². The molecule has 0 amide bonds. The second-order valence-corrected chi connectivity index (χ2v) is 6.22. The summed E-state index contributed by atoms with van der Waals surface area (Å²) in [4.78, 5) is 2.42. The topological polar surface area (TPSA) is 32.7 Å². The van der Waals surface area contributed by atoms with Crippen molar-refractivity contribution < 1.29 is 9.84 Å². The maximum atomic E-state index is 9.77. The average Bonchev–Trinajstić information content (AvgIpc) is 2.47. The fourth-order valence-electron chi connectivity index (χ4n) is 3.62. The van der Waals surface area contributed by atoms with E-state index in [1.54, 1.807) is 0 Å². The van der Waals surface area contributed by atoms with E-state index in [0.717, 1.165) is 19.6 Å². The van der Waals surface area contributed by atoms with Gasteiger partial charge in [0.15, 0.2) is 0 Å². The van der Waals surface area contributed by atoms with Crippen LogP contribution in [0.25, 0.3) is 0 Å². The van der Waals surface area contributed by atoms with Crippen LogP contribution in [-0.4, -0.2) is 36.3 Å². The summed E-state index contributed by atoms with van der Waals surface area (Å²) in [7, 11) is 2.20. The number of rotatable bonds is 3. The lowest BCUT2D eigenvalue weighted by molar-refractivity contribution is -0.00961. The molecule has 2 aliphatic rings. The number of phenols is 1. The van der Waals surface area contributed by atoms with Crippen molar-refractivity contribution in [2.24, 2.45) is 0 Å². The second-order valence-electron chi connectivity index (χ2n) is 6.22. The van der Waals surface area contributed by atoms with Crippen molar-refractivity contribution >= 4 is 0 Å². The minimum absolute atomic E-state index is 0.386. The predicted molar refractivity (Wildman–Crippen MR) is 80.0 cm³/mol. The van der Waals surface area contributed by atoms with Crippen molar-refractivity contribution in [3.63, 3.8) is 0 Å². The first-order valence-electron chi connectivity index (χ1n) is 7.87. The minimum atomic E-state index is 0.386. The van der Waals surface area contributed by atoms with Crippen molar-refractivity contribution in [2.75, 3.05) is 20.2 Å². The minimum Gasteiger partial charge on any atom is -0.508 e. The highest BCUT2D eigenvalue weighted by Crippen LogP contribution is 2.35. The quantitative estimate of drug-likeness (QED) is 0.919. The lowest BCUT2D eigenvalue weighted by atomic mass is 9.86. The molecule has 1 aliphatic heterocycles. The Hall–Kier alpha value is -1.06. The number of likely N-dealkylation sites (N-methyl/N-ethyl adjacent to an activating group) is 1. The first kappa shape index (κ1) is 13.9. The molecule has 1 aliphatic carbocycles. The Labute approximate surface area is 121 Å². The maximum absolute atomic E-state index is 9.77. The summed E-state index contributed by atoms with van der Waals surface area (Å²) in [5, 5.41) is 9.77. The molecular weight excluding hydrogens is 250 g/mol. The van der Waals surface area contributed by atoms with Gasteiger partial charge in [-0.3, -0.25) is 4.90 Å². The van der Waals surface area contributed by atoms with Crippen molar-refractivity contribution in [1.82, 2.24) is 4.90 Å². The summed E-state index contributed by atoms with van der Waals surface area (Å²) in [6, 6.07) is 6.28. The van der Waals surface area contributed by atoms with Gasteiger partial charge in [-0.15, -0.1) is 0 Å². The van der Waals surface area contributed by atoms with E-state index in [1.807, 2.05) is 12.1 Å². The third-order valence-corrected chi connectivity index (χ3v) is 4.71. The van der Waals surface area contributed by atoms with Crippen molar-refractivity contribution in [1.29, 1.82) is 0 Å². The van der Waals surface area contributed by atoms with Crippen LogP contribution in [0.4, 0.5) is 0 Å². The van der Waals surface area contributed by atoms with Crippen LogP contribution in [0, 0.1) is 0 Å². The Balaban J connectivity index is 1.72. The summed E-state index contributed by atoms with van der Waals surface area (Å²) in [5.41, 5.74) is 2.71. The lowest BCUT2D eigenvalue weighted by Gasteiger charge is -2.36. The molecule has 1 N–H and O–H groups in total. The summed E-state index contributed by atoms with van der Waals surface area (Å²) in [5.74, 6) is 0.387. The number of benzene rings is 1. The monoisotopic (exact) mass is 275 g/mol. The summed E-state index contributed by atoms with van der Waals surface area (Å²) < 4.78 is 5.86. The third-order valence-electron chi connectivity index (χ3n) is 4.71. The average molecular weight is 275 g/mol. The molecule has 3 heteroatoms. The van der Waals surface area contributed by atoms with Crippen molar-refractivity contribution in [3.05, 3.63) is 29.3 Å². The van der Waals surface area contributed by atoms with Gasteiger partial charge < -0.3 is 9.84 Å². The van der Waals surface area contributed by atoms with Crippen molar-refractivity contribution in [2.45, 2.75) is 50.7 Å². The Morgan fingerprint density at radius 3 is 2.95 bits per heavy atom. The molecule has 1 heterocycles. The molecule has 1 saturated heterocycles. The Morgan fingerprint density at radius 2 is 2.15 bits per heavy atom. The molecule has 1 aromatic carbocycles. The van der Waals surface area contributed by atoms with Gasteiger partial charge in [0.25, 0.3) is 0 Å². The van der Waals surface area contributed by atoms with Crippen molar-refractivity contribution in [3.8, 4) is 5.75 Å². The molecule has 20 heavy (non-hydrogen) atoms. The highest BCUT2D eigenvalue weighted by atomic mass is 16.5. The SMILES string of the molecule is CN(CC1CCCCO1)C1CCCc2ccc(O)cc21. The van der Waals surface area contributed by atoms with Gasteiger partial charge >= 0.3 is 0 Å². The number of phenolic OH excluding ortho intramolecular Hbond substituents is 1. The van der Waals surface area contributed by atoms with Gasteiger partial charge in [-0.05, 0) is 68.8 Å². The van der Waals surface area contributed by atoms with Crippen LogP contribution >= 0.6 is 0 Å². The normalized spacial score (nSPS) is 26.5. The molecule has 2 atom stereocenters. The van der Waals surface area contributed by atoms with Crippen LogP contribution in [-0.2, 0) is 11.2 Å². The number of aromatic hydroxyl groups is 1. The van der Waals surface area contributed by atoms with E-state index in [2.05, 4.69) is 18.0 Å². The summed E-state index contributed by atoms with van der Waals surface area (Å²) in [6.07, 6.45) is 7.62. The zero-order valence-corrected chi connectivity index (χ0v) is 12.3. The highest BCUT2D eigenvalue weighted by molar-refractivity contribution is 5.38. The van der Waals surface area contributed by atoms with Gasteiger partial charge in [-0.1, -0.05) is 6.07 Å². The summed E-state index contributed by atoms with van der Waals surface area (Å²) in [6.45, 7) is 1.92. The van der Waals surface area contributed by atoms with Crippen LogP contribution in [0.1, 0.15) is 49.3 Å². The molecule has 0 aromatic heterocycles. The predicted octanol–water partition coefficient (Wildman–Crippen LogP) is 3.27. The third kappa shape index (κ3) is 2.99. The van der Waals surface area contributed by atoms with Gasteiger partial charge in [0.05, 0.1) is 6.10 Å². The molecular formula is C17H25NO2. The molecule has 1 aromatic rings. The van der Waals surface area contributed by atoms with Crippen LogP contribution in [0.5, 0.6) is 5.75 Å². The Bertz CT molecular complexity index is 454. The van der Waals surface area contributed by atoms with E-state index in [9.17, 15) is 5.11 Å². The standard InChI is InChI=1S/C17H25NO2/c1-18(12-15-6-2-3-10-20-15)17-7-4-5-13-8-9-14(19)11-16(13)17/h8-9,11,15,17,19H,2-7,10,12H2,1H3.